The summed E-state index contributed by atoms with van der Waals surface area (Å²) in [6, 6.07) is 6.30. The minimum atomic E-state index is 0.271. The van der Waals surface area contributed by atoms with Gasteiger partial charge in [-0.25, -0.2) is 9.97 Å². The standard InChI is InChI=1S/C21H24N8/c1-27-10-14(9-24-27)20-25-19-18(4-5-23-21(19)26-20)28-11-15-2-3-16(12-28)29(15)17-6-13(7-17)8-22/h4-5,9-10,13,15-17H,2-3,6-7,11-12H2,1H3,(H,23,25,26)/t13-,15?,16?,17+. The van der Waals surface area contributed by atoms with Crippen molar-refractivity contribution < 1.29 is 0 Å². The van der Waals surface area contributed by atoms with Crippen molar-refractivity contribution in [1.29, 1.82) is 5.26 Å². The van der Waals surface area contributed by atoms with Gasteiger partial charge in [-0.2, -0.15) is 10.4 Å². The van der Waals surface area contributed by atoms with Gasteiger partial charge in [-0.1, -0.05) is 0 Å². The first-order chi connectivity index (χ1) is 14.2. The van der Waals surface area contributed by atoms with E-state index in [1.165, 1.54) is 18.5 Å². The van der Waals surface area contributed by atoms with Crippen molar-refractivity contribution in [1.82, 2.24) is 29.6 Å². The molecule has 0 radical (unpaired) electrons. The van der Waals surface area contributed by atoms with Crippen molar-refractivity contribution in [2.45, 2.75) is 43.8 Å². The van der Waals surface area contributed by atoms with Gasteiger partial charge < -0.3 is 9.88 Å². The molecule has 6 rings (SSSR count). The van der Waals surface area contributed by atoms with Crippen molar-refractivity contribution >= 4 is 16.9 Å². The Morgan fingerprint density at radius 1 is 1.17 bits per heavy atom. The number of piperazine rings is 1. The van der Waals surface area contributed by atoms with Crippen molar-refractivity contribution in [2.24, 2.45) is 13.0 Å². The molecule has 29 heavy (non-hydrogen) atoms. The van der Waals surface area contributed by atoms with Gasteiger partial charge in [-0.15, -0.1) is 0 Å². The molecule has 5 heterocycles. The van der Waals surface area contributed by atoms with Gasteiger partial charge in [-0.3, -0.25) is 9.58 Å². The van der Waals surface area contributed by atoms with Crippen LogP contribution in [0.3, 0.4) is 0 Å². The summed E-state index contributed by atoms with van der Waals surface area (Å²) in [4.78, 5) is 18.0. The van der Waals surface area contributed by atoms with Gasteiger partial charge in [0.15, 0.2) is 5.65 Å². The predicted molar refractivity (Wildman–Crippen MR) is 109 cm³/mol. The van der Waals surface area contributed by atoms with Gasteiger partial charge >= 0.3 is 0 Å². The highest BCUT2D eigenvalue weighted by atomic mass is 15.3. The zero-order chi connectivity index (χ0) is 19.5. The lowest BCUT2D eigenvalue weighted by atomic mass is 9.79. The first kappa shape index (κ1) is 17.0. The third-order valence-corrected chi connectivity index (χ3v) is 6.94. The maximum atomic E-state index is 9.13. The Hall–Kier alpha value is -2.92. The molecule has 1 N–H and O–H groups in total. The van der Waals surface area contributed by atoms with Crippen LogP contribution in [-0.2, 0) is 7.05 Å². The Balaban J connectivity index is 1.28. The number of rotatable bonds is 3. The Morgan fingerprint density at radius 3 is 2.66 bits per heavy atom. The summed E-state index contributed by atoms with van der Waals surface area (Å²) in [5.74, 6) is 1.08. The Bertz CT molecular complexity index is 1090. The first-order valence-electron chi connectivity index (χ1n) is 10.5. The molecular weight excluding hydrogens is 364 g/mol. The summed E-state index contributed by atoms with van der Waals surface area (Å²) < 4.78 is 1.78. The molecule has 3 aromatic rings. The molecule has 8 heteroatoms. The van der Waals surface area contributed by atoms with E-state index >= 15 is 0 Å². The van der Waals surface area contributed by atoms with E-state index in [0.717, 1.165) is 48.5 Å². The van der Waals surface area contributed by atoms with Crippen molar-refractivity contribution in [3.63, 3.8) is 0 Å². The summed E-state index contributed by atoms with van der Waals surface area (Å²) in [7, 11) is 1.91. The van der Waals surface area contributed by atoms with Crippen LogP contribution < -0.4 is 4.90 Å². The first-order valence-corrected chi connectivity index (χ1v) is 10.5. The summed E-state index contributed by atoms with van der Waals surface area (Å²) in [5.41, 5.74) is 3.90. The second kappa shape index (κ2) is 6.29. The Kier molecular flexibility index (Phi) is 3.68. The smallest absolute Gasteiger partial charge is 0.159 e. The number of nitrogens with one attached hydrogen (secondary N) is 1. The summed E-state index contributed by atoms with van der Waals surface area (Å²) in [5, 5.41) is 13.4. The highest BCUT2D eigenvalue weighted by Gasteiger charge is 2.47. The average Bonchev–Trinajstić information content (AvgIpc) is 3.37. The van der Waals surface area contributed by atoms with Gasteiger partial charge in [0, 0.05) is 56.6 Å². The fourth-order valence-corrected chi connectivity index (χ4v) is 5.50. The fourth-order valence-electron chi connectivity index (χ4n) is 5.50. The number of nitrogens with zero attached hydrogens (tertiary/aromatic N) is 7. The van der Waals surface area contributed by atoms with Crippen molar-refractivity contribution in [2.75, 3.05) is 18.0 Å². The highest BCUT2D eigenvalue weighted by molar-refractivity contribution is 5.88. The molecule has 148 valence electrons. The van der Waals surface area contributed by atoms with E-state index in [-0.39, 0.29) is 5.92 Å². The maximum Gasteiger partial charge on any atom is 0.159 e. The lowest BCUT2D eigenvalue weighted by Gasteiger charge is -2.49. The van der Waals surface area contributed by atoms with Crippen LogP contribution in [0.1, 0.15) is 25.7 Å². The number of H-pyrrole nitrogens is 1. The Morgan fingerprint density at radius 2 is 1.97 bits per heavy atom. The van der Waals surface area contributed by atoms with Crippen LogP contribution in [0.15, 0.2) is 24.7 Å². The highest BCUT2D eigenvalue weighted by Crippen LogP contribution is 2.42. The van der Waals surface area contributed by atoms with E-state index in [4.69, 9.17) is 10.2 Å². The lowest BCUT2D eigenvalue weighted by molar-refractivity contribution is 0.0439. The molecule has 2 atom stereocenters. The van der Waals surface area contributed by atoms with Gasteiger partial charge in [0.05, 0.1) is 23.5 Å². The van der Waals surface area contributed by atoms with Crippen LogP contribution in [0.4, 0.5) is 5.69 Å². The number of pyridine rings is 1. The van der Waals surface area contributed by atoms with Crippen LogP contribution in [-0.4, -0.2) is 60.8 Å². The third-order valence-electron chi connectivity index (χ3n) is 6.94. The topological polar surface area (TPSA) is 89.7 Å². The second-order valence-corrected chi connectivity index (χ2v) is 8.70. The van der Waals surface area contributed by atoms with Gasteiger partial charge in [0.1, 0.15) is 11.3 Å². The molecule has 3 fully saturated rings. The zero-order valence-electron chi connectivity index (χ0n) is 16.5. The number of hydrogen-bond acceptors (Lipinski definition) is 6. The van der Waals surface area contributed by atoms with Crippen LogP contribution in [0.2, 0.25) is 0 Å². The van der Waals surface area contributed by atoms with Crippen LogP contribution in [0.25, 0.3) is 22.6 Å². The molecule has 2 bridgehead atoms. The largest absolute Gasteiger partial charge is 0.366 e. The molecule has 0 aromatic carbocycles. The zero-order valence-corrected chi connectivity index (χ0v) is 16.5. The minimum Gasteiger partial charge on any atom is -0.366 e. The van der Waals surface area contributed by atoms with Gasteiger partial charge in [0.25, 0.3) is 0 Å². The number of aromatic nitrogens is 5. The molecule has 0 amide bonds. The van der Waals surface area contributed by atoms with Gasteiger partial charge in [-0.05, 0) is 31.7 Å². The molecule has 2 unspecified atom stereocenters. The predicted octanol–water partition coefficient (Wildman–Crippen LogP) is 2.31. The monoisotopic (exact) mass is 388 g/mol. The van der Waals surface area contributed by atoms with E-state index in [0.29, 0.717) is 18.1 Å². The number of imidazole rings is 1. The summed E-state index contributed by atoms with van der Waals surface area (Å²) >= 11 is 0. The molecule has 1 saturated carbocycles. The number of anilines is 1. The van der Waals surface area contributed by atoms with Crippen molar-refractivity contribution in [3.05, 3.63) is 24.7 Å². The number of aromatic amines is 1. The van der Waals surface area contributed by atoms with E-state index < -0.39 is 0 Å². The van der Waals surface area contributed by atoms with E-state index in [9.17, 15) is 0 Å². The number of hydrogen-bond donors (Lipinski definition) is 1. The molecule has 0 spiro atoms. The minimum absolute atomic E-state index is 0.271. The van der Waals surface area contributed by atoms with Crippen LogP contribution >= 0.6 is 0 Å². The third kappa shape index (κ3) is 2.64. The fraction of sp³-hybridized carbons (Fsp3) is 0.524. The van der Waals surface area contributed by atoms with Crippen molar-refractivity contribution in [3.8, 4) is 17.5 Å². The molecule has 3 aromatic heterocycles. The molecule has 2 saturated heterocycles. The van der Waals surface area contributed by atoms with E-state index in [1.807, 2.05) is 25.6 Å². The lowest BCUT2D eigenvalue weighted by Crippen LogP contribution is -2.60. The SMILES string of the molecule is Cn1cc(-c2nc3c(N4CC5CCC(C4)N5[C@H]4C[C@@H](C#N)C4)ccnc3[nH]2)cn1. The molecule has 1 aliphatic carbocycles. The molecular formula is C21H24N8. The average molecular weight is 388 g/mol. The summed E-state index contributed by atoms with van der Waals surface area (Å²) in [6.07, 6.45) is 10.3. The quantitative estimate of drug-likeness (QED) is 0.741. The second-order valence-electron chi connectivity index (χ2n) is 8.70. The van der Waals surface area contributed by atoms with Gasteiger partial charge in [0.2, 0.25) is 0 Å². The van der Waals surface area contributed by atoms with E-state index in [1.54, 1.807) is 4.68 Å². The molecule has 3 aliphatic rings. The number of aryl methyl sites for hydroxylation is 1. The molecule has 2 aliphatic heterocycles. The summed E-state index contributed by atoms with van der Waals surface area (Å²) in [6.45, 7) is 2.05. The molecule has 8 nitrogen and oxygen atoms in total. The van der Waals surface area contributed by atoms with E-state index in [2.05, 4.69) is 37.0 Å². The number of fused-ring (bicyclic) bond motifs is 3. The Labute approximate surface area is 169 Å². The maximum absolute atomic E-state index is 9.13. The number of nitriles is 1. The van der Waals surface area contributed by atoms with Crippen LogP contribution in [0.5, 0.6) is 0 Å². The normalized spacial score (nSPS) is 29.2. The van der Waals surface area contributed by atoms with Crippen LogP contribution in [0, 0.1) is 17.2 Å².